The van der Waals surface area contributed by atoms with Crippen LogP contribution in [-0.4, -0.2) is 29.6 Å². The van der Waals surface area contributed by atoms with Crippen molar-refractivity contribution >= 4 is 27.3 Å². The second-order valence-corrected chi connectivity index (χ2v) is 5.73. The van der Waals surface area contributed by atoms with Gasteiger partial charge in [0.05, 0.1) is 6.61 Å². The Morgan fingerprint density at radius 2 is 2.21 bits per heavy atom. The van der Waals surface area contributed by atoms with Gasteiger partial charge in [0.25, 0.3) is 10.0 Å². The molecule has 104 valence electrons. The lowest BCUT2D eigenvalue weighted by Crippen LogP contribution is -2.16. The molecule has 0 saturated heterocycles. The van der Waals surface area contributed by atoms with Crippen LogP contribution in [0.15, 0.2) is 17.2 Å². The van der Waals surface area contributed by atoms with Gasteiger partial charge in [-0.15, -0.1) is 5.10 Å². The lowest BCUT2D eigenvalue weighted by molar-refractivity contribution is 0.292. The molecule has 2 heterocycles. The van der Waals surface area contributed by atoms with Crippen LogP contribution in [0.25, 0.3) is 5.65 Å². The first-order valence-corrected chi connectivity index (χ1v) is 7.57. The van der Waals surface area contributed by atoms with Gasteiger partial charge in [-0.2, -0.15) is 4.52 Å². The first-order valence-electron chi connectivity index (χ1n) is 5.64. The molecule has 2 aromatic rings. The normalized spacial score (nSPS) is 11.9. The predicted molar refractivity (Wildman–Crippen MR) is 69.8 cm³/mol. The number of hydrogen-bond acceptors (Lipinski definition) is 5. The van der Waals surface area contributed by atoms with E-state index in [0.29, 0.717) is 12.5 Å². The average Bonchev–Trinajstić information content (AvgIpc) is 2.64. The summed E-state index contributed by atoms with van der Waals surface area (Å²) in [5.41, 5.74) is 0.289. The van der Waals surface area contributed by atoms with E-state index >= 15 is 0 Å². The number of nitrogens with two attached hydrogens (primary N) is 1. The van der Waals surface area contributed by atoms with E-state index in [1.54, 1.807) is 12.1 Å². The predicted octanol–water partition coefficient (Wildman–Crippen LogP) is 1.21. The molecule has 0 aliphatic heterocycles. The molecule has 2 aromatic heterocycles. The van der Waals surface area contributed by atoms with E-state index in [-0.39, 0.29) is 15.8 Å². The smallest absolute Gasteiger partial charge is 0.258 e. The summed E-state index contributed by atoms with van der Waals surface area (Å²) >= 11 is 5.76. The van der Waals surface area contributed by atoms with E-state index in [0.717, 1.165) is 17.4 Å². The number of sulfonamides is 1. The van der Waals surface area contributed by atoms with Crippen LogP contribution >= 0.6 is 11.6 Å². The molecule has 19 heavy (non-hydrogen) atoms. The molecule has 0 fully saturated rings. The first-order chi connectivity index (χ1) is 8.93. The third kappa shape index (κ3) is 2.96. The second-order valence-electron chi connectivity index (χ2n) is 3.90. The van der Waals surface area contributed by atoms with E-state index < -0.39 is 10.0 Å². The highest BCUT2D eigenvalue weighted by Crippen LogP contribution is 2.21. The molecule has 0 aromatic carbocycles. The Labute approximate surface area is 115 Å². The van der Waals surface area contributed by atoms with E-state index in [9.17, 15) is 8.42 Å². The van der Waals surface area contributed by atoms with Gasteiger partial charge in [0.15, 0.2) is 10.8 Å². The van der Waals surface area contributed by atoms with E-state index in [1.165, 1.54) is 0 Å². The molecular formula is C10H13ClN4O3S. The minimum Gasteiger partial charge on any atom is -0.477 e. The third-order valence-corrected chi connectivity index (χ3v) is 3.67. The molecule has 0 amide bonds. The van der Waals surface area contributed by atoms with Gasteiger partial charge in [-0.3, -0.25) is 0 Å². The summed E-state index contributed by atoms with van der Waals surface area (Å²) in [5.74, 6) is 0.292. The molecule has 2 rings (SSSR count). The van der Waals surface area contributed by atoms with Crippen LogP contribution < -0.4 is 9.88 Å². The number of ether oxygens (including phenoxy) is 1. The fraction of sp³-hybridized carbons (Fsp3) is 0.400. The highest BCUT2D eigenvalue weighted by molar-refractivity contribution is 7.89. The lowest BCUT2D eigenvalue weighted by Gasteiger charge is -2.05. The number of primary sulfonamides is 1. The van der Waals surface area contributed by atoms with Gasteiger partial charge in [0.1, 0.15) is 0 Å². The van der Waals surface area contributed by atoms with Gasteiger partial charge < -0.3 is 4.74 Å². The minimum absolute atomic E-state index is 0.208. The van der Waals surface area contributed by atoms with E-state index in [2.05, 4.69) is 10.1 Å². The van der Waals surface area contributed by atoms with Crippen molar-refractivity contribution in [3.63, 3.8) is 0 Å². The Balaban J connectivity index is 2.46. The van der Waals surface area contributed by atoms with Crippen LogP contribution in [0.4, 0.5) is 0 Å². The molecule has 0 aliphatic carbocycles. The first kappa shape index (κ1) is 14.0. The third-order valence-electron chi connectivity index (χ3n) is 2.39. The summed E-state index contributed by atoms with van der Waals surface area (Å²) < 4.78 is 29.4. The van der Waals surface area contributed by atoms with Crippen LogP contribution in [0.3, 0.4) is 0 Å². The van der Waals surface area contributed by atoms with Crippen molar-refractivity contribution in [3.8, 4) is 5.88 Å². The quantitative estimate of drug-likeness (QED) is 0.837. The highest BCUT2D eigenvalue weighted by atomic mass is 35.5. The molecule has 0 atom stereocenters. The number of nitrogens with zero attached hydrogens (tertiary/aromatic N) is 3. The molecule has 0 saturated carbocycles. The number of halogens is 1. The van der Waals surface area contributed by atoms with Crippen molar-refractivity contribution in [2.75, 3.05) is 6.61 Å². The number of rotatable bonds is 5. The van der Waals surface area contributed by atoms with Gasteiger partial charge in [0.2, 0.25) is 10.9 Å². The topological polar surface area (TPSA) is 99.6 Å². The maximum absolute atomic E-state index is 11.5. The summed E-state index contributed by atoms with van der Waals surface area (Å²) in [5, 5.41) is 8.56. The lowest BCUT2D eigenvalue weighted by atomic mass is 10.4. The average molecular weight is 305 g/mol. The van der Waals surface area contributed by atoms with E-state index in [4.69, 9.17) is 21.5 Å². The standard InChI is InChI=1S/C10H13ClN4O3S/c1-2-3-6-18-8-5-4-7-13-9(11)10(15(7)14-8)19(12,16)17/h4-5H,2-3,6H2,1H3,(H2,12,16,17). The summed E-state index contributed by atoms with van der Waals surface area (Å²) in [6.07, 6.45) is 1.87. The summed E-state index contributed by atoms with van der Waals surface area (Å²) in [6.45, 7) is 2.54. The van der Waals surface area contributed by atoms with E-state index in [1.807, 2.05) is 6.92 Å². The maximum Gasteiger partial charge on any atom is 0.258 e. The largest absolute Gasteiger partial charge is 0.477 e. The molecule has 0 radical (unpaired) electrons. The van der Waals surface area contributed by atoms with Crippen LogP contribution in [-0.2, 0) is 10.0 Å². The van der Waals surface area contributed by atoms with Gasteiger partial charge in [-0.05, 0) is 12.5 Å². The zero-order chi connectivity index (χ0) is 14.0. The number of imidazole rings is 1. The van der Waals surface area contributed by atoms with Crippen molar-refractivity contribution < 1.29 is 13.2 Å². The Morgan fingerprint density at radius 3 is 2.84 bits per heavy atom. The Bertz CT molecular complexity index is 698. The Kier molecular flexibility index (Phi) is 3.93. The van der Waals surface area contributed by atoms with Gasteiger partial charge in [-0.1, -0.05) is 24.9 Å². The molecule has 0 spiro atoms. The molecule has 2 N–H and O–H groups in total. The number of aromatic nitrogens is 3. The maximum atomic E-state index is 11.5. The van der Waals surface area contributed by atoms with Gasteiger partial charge in [-0.25, -0.2) is 18.5 Å². The number of hydrogen-bond donors (Lipinski definition) is 1. The molecule has 9 heteroatoms. The molecule has 0 aliphatic rings. The number of fused-ring (bicyclic) bond motifs is 1. The Morgan fingerprint density at radius 1 is 1.47 bits per heavy atom. The van der Waals surface area contributed by atoms with Crippen molar-refractivity contribution in [3.05, 3.63) is 17.3 Å². The van der Waals surface area contributed by atoms with Crippen molar-refractivity contribution in [2.24, 2.45) is 5.14 Å². The molecular weight excluding hydrogens is 292 g/mol. The van der Waals surface area contributed by atoms with Crippen molar-refractivity contribution in [1.29, 1.82) is 0 Å². The summed E-state index contributed by atoms with van der Waals surface area (Å²) in [7, 11) is -4.01. The monoisotopic (exact) mass is 304 g/mol. The van der Waals surface area contributed by atoms with Gasteiger partial charge in [0, 0.05) is 6.07 Å². The summed E-state index contributed by atoms with van der Waals surface area (Å²) in [4.78, 5) is 3.87. The second kappa shape index (κ2) is 5.32. The minimum atomic E-state index is -4.01. The number of unbranched alkanes of at least 4 members (excludes halogenated alkanes) is 1. The molecule has 7 nitrogen and oxygen atoms in total. The Hall–Kier alpha value is -1.38. The zero-order valence-corrected chi connectivity index (χ0v) is 11.8. The molecule has 0 unspecified atom stereocenters. The highest BCUT2D eigenvalue weighted by Gasteiger charge is 2.22. The van der Waals surface area contributed by atoms with Crippen LogP contribution in [0.5, 0.6) is 5.88 Å². The van der Waals surface area contributed by atoms with Crippen LogP contribution in [0.2, 0.25) is 5.15 Å². The van der Waals surface area contributed by atoms with Crippen LogP contribution in [0.1, 0.15) is 19.8 Å². The van der Waals surface area contributed by atoms with Crippen LogP contribution in [0, 0.1) is 0 Å². The van der Waals surface area contributed by atoms with Crippen molar-refractivity contribution in [2.45, 2.75) is 24.8 Å². The fourth-order valence-corrected chi connectivity index (χ4v) is 2.65. The fourth-order valence-electron chi connectivity index (χ4n) is 1.51. The summed E-state index contributed by atoms with van der Waals surface area (Å²) in [6, 6.07) is 3.16. The van der Waals surface area contributed by atoms with Gasteiger partial charge >= 0.3 is 0 Å². The SMILES string of the molecule is CCCCOc1ccc2nc(Cl)c(S(N)(=O)=O)n2n1. The van der Waals surface area contributed by atoms with Crippen molar-refractivity contribution in [1.82, 2.24) is 14.6 Å². The zero-order valence-electron chi connectivity index (χ0n) is 10.2. The molecule has 0 bridgehead atoms.